The van der Waals surface area contributed by atoms with E-state index in [1.807, 2.05) is 0 Å². The van der Waals surface area contributed by atoms with E-state index < -0.39 is 17.0 Å². The molecule has 3 aliphatic carbocycles. The van der Waals surface area contributed by atoms with Crippen LogP contribution in [-0.2, 0) is 17.0 Å². The van der Waals surface area contributed by atoms with Gasteiger partial charge in [0.05, 0.1) is 0 Å². The SMILES string of the molecule is CC(C)C1CCC(C)C([N-]C2CCCCC2[N-]C2CC(C(C)C)CCC2C)C1.[Cl][Ti][Cl]. The summed E-state index contributed by atoms with van der Waals surface area (Å²) in [7, 11) is 9.78. The molecule has 0 bridgehead atoms. The minimum atomic E-state index is -0.556. The molecule has 0 heterocycles. The van der Waals surface area contributed by atoms with Crippen molar-refractivity contribution in [1.29, 1.82) is 0 Å². The van der Waals surface area contributed by atoms with Crippen molar-refractivity contribution in [2.75, 3.05) is 0 Å². The van der Waals surface area contributed by atoms with Crippen LogP contribution in [0.2, 0.25) is 0 Å². The van der Waals surface area contributed by atoms with Crippen LogP contribution in [0.4, 0.5) is 0 Å². The summed E-state index contributed by atoms with van der Waals surface area (Å²) in [6.07, 6.45) is 13.6. The summed E-state index contributed by atoms with van der Waals surface area (Å²) in [6, 6.07) is 2.21. The molecule has 3 aliphatic rings. The van der Waals surface area contributed by atoms with Crippen molar-refractivity contribution in [2.24, 2.45) is 35.5 Å². The second kappa shape index (κ2) is 14.6. The van der Waals surface area contributed by atoms with E-state index in [1.165, 1.54) is 64.2 Å². The molecule has 0 saturated heterocycles. The van der Waals surface area contributed by atoms with Crippen molar-refractivity contribution < 1.29 is 17.0 Å². The van der Waals surface area contributed by atoms with E-state index in [2.05, 4.69) is 41.5 Å². The number of hydrogen-bond acceptors (Lipinski definition) is 0. The number of nitrogens with zero attached hydrogens (tertiary/aromatic N) is 2. The quantitative estimate of drug-likeness (QED) is 0.321. The molecular weight excluding hydrogens is 459 g/mol. The topological polar surface area (TPSA) is 28.2 Å². The molecule has 0 radical (unpaired) electrons. The Bertz CT molecular complexity index is 448. The van der Waals surface area contributed by atoms with Gasteiger partial charge in [-0.3, -0.25) is 0 Å². The Morgan fingerprint density at radius 3 is 1.29 bits per heavy atom. The summed E-state index contributed by atoms with van der Waals surface area (Å²) in [5.41, 5.74) is 0. The number of halogens is 2. The molecular formula is C26H48Cl2N2Ti-2. The molecule has 0 aromatic carbocycles. The number of hydrogen-bond donors (Lipinski definition) is 0. The van der Waals surface area contributed by atoms with Gasteiger partial charge in [0, 0.05) is 0 Å². The predicted molar refractivity (Wildman–Crippen MR) is 135 cm³/mol. The van der Waals surface area contributed by atoms with Crippen molar-refractivity contribution in [1.82, 2.24) is 0 Å². The Kier molecular flexibility index (Phi) is 13.4. The molecule has 8 unspecified atom stereocenters. The van der Waals surface area contributed by atoms with Crippen LogP contribution in [0, 0.1) is 35.5 Å². The molecule has 0 spiro atoms. The molecule has 3 saturated carbocycles. The monoisotopic (exact) mass is 506 g/mol. The summed E-state index contributed by atoms with van der Waals surface area (Å²) in [5, 5.41) is 11.1. The van der Waals surface area contributed by atoms with Crippen molar-refractivity contribution >= 4 is 18.6 Å². The van der Waals surface area contributed by atoms with Gasteiger partial charge in [-0.05, 0) is 23.7 Å². The Balaban J connectivity index is 0.00000107. The van der Waals surface area contributed by atoms with Gasteiger partial charge in [-0.15, -0.1) is 12.1 Å². The molecule has 0 aromatic rings. The Hall–Kier alpha value is 1.21. The van der Waals surface area contributed by atoms with Gasteiger partial charge in [0.15, 0.2) is 0 Å². The standard InChI is InChI=1S/C26H48N2.2ClH.Ti/c1-17(2)21-13-11-19(5)25(15-21)27-23-9-7-8-10-24(23)28-26-16-22(18(3)4)14-12-20(26)6;;;/h17-26H,7-16H2,1-6H3;2*1H;/q-2;;;+2/p-2. The zero-order valence-electron chi connectivity index (χ0n) is 21.0. The van der Waals surface area contributed by atoms with Crippen LogP contribution in [0.1, 0.15) is 106 Å². The first-order valence-electron chi connectivity index (χ1n) is 13.1. The third kappa shape index (κ3) is 9.06. The van der Waals surface area contributed by atoms with E-state index in [1.54, 1.807) is 0 Å². The van der Waals surface area contributed by atoms with Crippen LogP contribution in [0.3, 0.4) is 0 Å². The molecule has 3 fully saturated rings. The third-order valence-corrected chi connectivity index (χ3v) is 8.73. The Labute approximate surface area is 210 Å². The summed E-state index contributed by atoms with van der Waals surface area (Å²) in [6.45, 7) is 14.5. The zero-order chi connectivity index (χ0) is 23.0. The molecule has 0 aromatic heterocycles. The van der Waals surface area contributed by atoms with E-state index in [9.17, 15) is 0 Å². The predicted octanol–water partition coefficient (Wildman–Crippen LogP) is 9.34. The van der Waals surface area contributed by atoms with Gasteiger partial charge in [-0.2, -0.15) is 12.1 Å². The van der Waals surface area contributed by atoms with Crippen LogP contribution in [0.15, 0.2) is 0 Å². The maximum atomic E-state index is 5.54. The van der Waals surface area contributed by atoms with E-state index in [-0.39, 0.29) is 0 Å². The van der Waals surface area contributed by atoms with Gasteiger partial charge in [0.1, 0.15) is 0 Å². The van der Waals surface area contributed by atoms with Crippen molar-refractivity contribution in [3.8, 4) is 0 Å². The van der Waals surface area contributed by atoms with Gasteiger partial charge in [0.25, 0.3) is 0 Å². The third-order valence-electron chi connectivity index (χ3n) is 8.73. The van der Waals surface area contributed by atoms with Crippen molar-refractivity contribution in [2.45, 2.75) is 130 Å². The van der Waals surface area contributed by atoms with Gasteiger partial charge < -0.3 is 10.6 Å². The Morgan fingerprint density at radius 2 is 0.968 bits per heavy atom. The molecule has 182 valence electrons. The van der Waals surface area contributed by atoms with E-state index in [4.69, 9.17) is 29.2 Å². The normalized spacial score (nSPS) is 39.2. The molecule has 8 atom stereocenters. The van der Waals surface area contributed by atoms with E-state index >= 15 is 0 Å². The average molecular weight is 507 g/mol. The first-order valence-corrected chi connectivity index (χ1v) is 17.4. The summed E-state index contributed by atoms with van der Waals surface area (Å²) in [4.78, 5) is 0. The zero-order valence-corrected chi connectivity index (χ0v) is 24.1. The minimum absolute atomic E-state index is 0.513. The van der Waals surface area contributed by atoms with Gasteiger partial charge >= 0.3 is 35.6 Å². The van der Waals surface area contributed by atoms with Crippen molar-refractivity contribution in [3.05, 3.63) is 10.6 Å². The fraction of sp³-hybridized carbons (Fsp3) is 1.00. The summed E-state index contributed by atoms with van der Waals surface area (Å²) < 4.78 is 0. The first kappa shape index (κ1) is 28.5. The van der Waals surface area contributed by atoms with Gasteiger partial charge in [-0.25, -0.2) is 0 Å². The second-order valence-corrected chi connectivity index (χ2v) is 14.1. The van der Waals surface area contributed by atoms with Gasteiger partial charge in [-0.1, -0.05) is 118 Å². The van der Waals surface area contributed by atoms with Crippen LogP contribution in [0.5, 0.6) is 0 Å². The average Bonchev–Trinajstić information content (AvgIpc) is 2.72. The fourth-order valence-electron chi connectivity index (χ4n) is 6.22. The molecule has 5 heteroatoms. The molecule has 0 amide bonds. The van der Waals surface area contributed by atoms with Crippen LogP contribution in [-0.4, -0.2) is 24.2 Å². The molecule has 2 nitrogen and oxygen atoms in total. The molecule has 31 heavy (non-hydrogen) atoms. The Morgan fingerprint density at radius 1 is 0.613 bits per heavy atom. The summed E-state index contributed by atoms with van der Waals surface area (Å²) in [5.74, 6) is 4.94. The number of rotatable bonds is 6. The van der Waals surface area contributed by atoms with Crippen LogP contribution < -0.4 is 0 Å². The first-order chi connectivity index (χ1) is 14.8. The van der Waals surface area contributed by atoms with Crippen LogP contribution in [0.25, 0.3) is 10.6 Å². The van der Waals surface area contributed by atoms with Gasteiger partial charge in [0.2, 0.25) is 0 Å². The maximum absolute atomic E-state index is 5.54. The van der Waals surface area contributed by atoms with E-state index in [0.717, 1.165) is 35.5 Å². The fourth-order valence-corrected chi connectivity index (χ4v) is 6.22. The molecule has 0 N–H and O–H groups in total. The van der Waals surface area contributed by atoms with E-state index in [0.29, 0.717) is 24.2 Å². The summed E-state index contributed by atoms with van der Waals surface area (Å²) >= 11 is -0.556. The second-order valence-electron chi connectivity index (χ2n) is 11.5. The molecule has 3 rings (SSSR count). The van der Waals surface area contributed by atoms with Crippen LogP contribution >= 0.6 is 18.6 Å². The molecule has 0 aliphatic heterocycles. The van der Waals surface area contributed by atoms with Crippen molar-refractivity contribution in [3.63, 3.8) is 0 Å².